The Labute approximate surface area is 112 Å². The molecule has 1 aromatic carbocycles. The Balaban J connectivity index is 1.97. The number of hydrogen-bond acceptors (Lipinski definition) is 3. The molecule has 0 spiro atoms. The van der Waals surface area contributed by atoms with Crippen LogP contribution >= 0.6 is 0 Å². The van der Waals surface area contributed by atoms with Crippen molar-refractivity contribution >= 4 is 0 Å². The fourth-order valence-corrected chi connectivity index (χ4v) is 1.66. The summed E-state index contributed by atoms with van der Waals surface area (Å²) in [5, 5.41) is 2.78. The number of allylic oxidation sites excluding steroid dienone is 4. The second-order valence-corrected chi connectivity index (χ2v) is 4.21. The fraction of sp³-hybridized carbons (Fsp3) is 0.200. The van der Waals surface area contributed by atoms with Crippen molar-refractivity contribution in [2.45, 2.75) is 13.5 Å². The molecule has 1 heterocycles. The van der Waals surface area contributed by atoms with Crippen molar-refractivity contribution in [2.24, 2.45) is 0 Å². The zero-order chi connectivity index (χ0) is 13.7. The summed E-state index contributed by atoms with van der Waals surface area (Å²) in [6.07, 6.45) is 4.47. The topological polar surface area (TPSA) is 30.5 Å². The predicted octanol–water partition coefficient (Wildman–Crippen LogP) is 3.41. The van der Waals surface area contributed by atoms with E-state index in [1.54, 1.807) is 13.2 Å². The van der Waals surface area contributed by atoms with Crippen molar-refractivity contribution in [1.82, 2.24) is 5.32 Å². The lowest BCUT2D eigenvalue weighted by Crippen LogP contribution is -2.08. The summed E-state index contributed by atoms with van der Waals surface area (Å²) >= 11 is 0. The average molecular weight is 261 g/mol. The second kappa shape index (κ2) is 6.09. The molecular weight excluding hydrogens is 245 g/mol. The van der Waals surface area contributed by atoms with Crippen LogP contribution in [0.4, 0.5) is 4.39 Å². The molecule has 0 atom stereocenters. The van der Waals surface area contributed by atoms with Crippen molar-refractivity contribution in [1.29, 1.82) is 0 Å². The number of ether oxygens (including phenoxy) is 2. The van der Waals surface area contributed by atoms with Crippen molar-refractivity contribution in [3.05, 3.63) is 65.5 Å². The molecule has 2 rings (SSSR count). The van der Waals surface area contributed by atoms with Gasteiger partial charge in [0.2, 0.25) is 0 Å². The molecule has 0 saturated heterocycles. The molecule has 3 nitrogen and oxygen atoms in total. The van der Waals surface area contributed by atoms with E-state index in [0.717, 1.165) is 16.9 Å². The Morgan fingerprint density at radius 3 is 2.58 bits per heavy atom. The first kappa shape index (κ1) is 13.2. The van der Waals surface area contributed by atoms with Crippen LogP contribution in [0.1, 0.15) is 12.5 Å². The zero-order valence-electron chi connectivity index (χ0n) is 10.9. The summed E-state index contributed by atoms with van der Waals surface area (Å²) in [7, 11) is 1.63. The summed E-state index contributed by atoms with van der Waals surface area (Å²) in [6, 6.07) is 7.60. The lowest BCUT2D eigenvalue weighted by atomic mass is 10.2. The Kier molecular flexibility index (Phi) is 4.23. The first-order chi connectivity index (χ1) is 9.17. The van der Waals surface area contributed by atoms with E-state index >= 15 is 0 Å². The first-order valence-corrected chi connectivity index (χ1v) is 5.95. The van der Waals surface area contributed by atoms with E-state index < -0.39 is 0 Å². The van der Waals surface area contributed by atoms with E-state index in [4.69, 9.17) is 9.47 Å². The summed E-state index contributed by atoms with van der Waals surface area (Å²) in [6.45, 7) is 2.22. The van der Waals surface area contributed by atoms with E-state index in [9.17, 15) is 4.39 Å². The molecule has 0 radical (unpaired) electrons. The van der Waals surface area contributed by atoms with Gasteiger partial charge < -0.3 is 14.8 Å². The van der Waals surface area contributed by atoms with Crippen LogP contribution in [-0.4, -0.2) is 7.11 Å². The van der Waals surface area contributed by atoms with Gasteiger partial charge in [-0.2, -0.15) is 0 Å². The van der Waals surface area contributed by atoms with Crippen molar-refractivity contribution in [2.75, 3.05) is 7.11 Å². The molecular formula is C15H16FNO2. The highest BCUT2D eigenvalue weighted by molar-refractivity contribution is 5.30. The first-order valence-electron chi connectivity index (χ1n) is 5.95. The van der Waals surface area contributed by atoms with Crippen LogP contribution in [0.2, 0.25) is 0 Å². The number of halogens is 1. The highest BCUT2D eigenvalue weighted by Gasteiger charge is 2.03. The van der Waals surface area contributed by atoms with Gasteiger partial charge in [0.15, 0.2) is 5.88 Å². The average Bonchev–Trinajstić information content (AvgIpc) is 2.57. The summed E-state index contributed by atoms with van der Waals surface area (Å²) in [5.74, 6) is 1.01. The number of rotatable bonds is 4. The van der Waals surface area contributed by atoms with Gasteiger partial charge in [0, 0.05) is 12.3 Å². The van der Waals surface area contributed by atoms with Gasteiger partial charge in [-0.05, 0) is 36.3 Å². The summed E-state index contributed by atoms with van der Waals surface area (Å²) in [4.78, 5) is 0. The Morgan fingerprint density at radius 1 is 1.16 bits per heavy atom. The predicted molar refractivity (Wildman–Crippen MR) is 71.9 cm³/mol. The van der Waals surface area contributed by atoms with Gasteiger partial charge in [-0.25, -0.2) is 4.39 Å². The molecule has 19 heavy (non-hydrogen) atoms. The SMILES string of the molecule is COc1ccc(COC2=CC(C)=CC(F)=CN2)cc1. The molecule has 0 amide bonds. The van der Waals surface area contributed by atoms with Gasteiger partial charge in [-0.3, -0.25) is 0 Å². The lowest BCUT2D eigenvalue weighted by molar-refractivity contribution is 0.184. The van der Waals surface area contributed by atoms with Crippen molar-refractivity contribution < 1.29 is 13.9 Å². The third-order valence-electron chi connectivity index (χ3n) is 2.63. The smallest absolute Gasteiger partial charge is 0.191 e. The second-order valence-electron chi connectivity index (χ2n) is 4.21. The quantitative estimate of drug-likeness (QED) is 0.901. The van der Waals surface area contributed by atoms with Gasteiger partial charge in [0.25, 0.3) is 0 Å². The van der Waals surface area contributed by atoms with Crippen LogP contribution < -0.4 is 10.1 Å². The monoisotopic (exact) mass is 261 g/mol. The minimum atomic E-state index is -0.322. The van der Waals surface area contributed by atoms with E-state index in [1.165, 1.54) is 12.3 Å². The highest BCUT2D eigenvalue weighted by Crippen LogP contribution is 2.15. The molecule has 0 aromatic heterocycles. The highest BCUT2D eigenvalue weighted by atomic mass is 19.1. The van der Waals surface area contributed by atoms with Gasteiger partial charge >= 0.3 is 0 Å². The Bertz CT molecular complexity index is 530. The van der Waals surface area contributed by atoms with Crippen LogP contribution in [0.25, 0.3) is 0 Å². The van der Waals surface area contributed by atoms with E-state index in [-0.39, 0.29) is 5.83 Å². The van der Waals surface area contributed by atoms with E-state index in [1.807, 2.05) is 31.2 Å². The lowest BCUT2D eigenvalue weighted by Gasteiger charge is -2.10. The van der Waals surface area contributed by atoms with Gasteiger partial charge in [0.05, 0.1) is 7.11 Å². The van der Waals surface area contributed by atoms with Crippen LogP contribution in [-0.2, 0) is 11.3 Å². The molecule has 1 aromatic rings. The maximum absolute atomic E-state index is 13.1. The van der Waals surface area contributed by atoms with E-state index in [2.05, 4.69) is 5.32 Å². The van der Waals surface area contributed by atoms with Gasteiger partial charge in [0.1, 0.15) is 18.2 Å². The number of benzene rings is 1. The molecule has 0 fully saturated rings. The Morgan fingerprint density at radius 2 is 1.89 bits per heavy atom. The summed E-state index contributed by atoms with van der Waals surface area (Å²) < 4.78 is 23.8. The number of methoxy groups -OCH3 is 1. The summed E-state index contributed by atoms with van der Waals surface area (Å²) in [5.41, 5.74) is 1.81. The molecule has 0 unspecified atom stereocenters. The fourth-order valence-electron chi connectivity index (χ4n) is 1.66. The third-order valence-corrected chi connectivity index (χ3v) is 2.63. The third kappa shape index (κ3) is 3.88. The van der Waals surface area contributed by atoms with Crippen molar-refractivity contribution in [3.63, 3.8) is 0 Å². The maximum Gasteiger partial charge on any atom is 0.191 e. The van der Waals surface area contributed by atoms with Crippen LogP contribution in [0.15, 0.2) is 59.9 Å². The molecule has 4 heteroatoms. The molecule has 0 saturated carbocycles. The molecule has 0 bridgehead atoms. The molecule has 1 N–H and O–H groups in total. The Hall–Kier alpha value is -2.23. The van der Waals surface area contributed by atoms with Gasteiger partial charge in [-0.15, -0.1) is 0 Å². The molecule has 1 aliphatic rings. The van der Waals surface area contributed by atoms with E-state index in [0.29, 0.717) is 12.5 Å². The largest absolute Gasteiger partial charge is 0.497 e. The number of nitrogens with one attached hydrogen (secondary N) is 1. The van der Waals surface area contributed by atoms with Crippen LogP contribution in [0.3, 0.4) is 0 Å². The van der Waals surface area contributed by atoms with Crippen LogP contribution in [0.5, 0.6) is 5.75 Å². The van der Waals surface area contributed by atoms with Gasteiger partial charge in [-0.1, -0.05) is 12.1 Å². The standard InChI is InChI=1S/C15H16FNO2/c1-11-7-13(16)9-17-15(8-11)19-10-12-3-5-14(18-2)6-4-12/h3-9,17H,10H2,1-2H3. The molecule has 0 aliphatic carbocycles. The number of hydrogen-bond donors (Lipinski definition) is 1. The minimum Gasteiger partial charge on any atom is -0.497 e. The molecule has 100 valence electrons. The minimum absolute atomic E-state index is 0.322. The molecule has 1 aliphatic heterocycles. The van der Waals surface area contributed by atoms with Crippen LogP contribution in [0, 0.1) is 0 Å². The zero-order valence-corrected chi connectivity index (χ0v) is 10.9. The maximum atomic E-state index is 13.1. The van der Waals surface area contributed by atoms with Crippen molar-refractivity contribution in [3.8, 4) is 5.75 Å². The normalized spacial score (nSPS) is 14.6.